The summed E-state index contributed by atoms with van der Waals surface area (Å²) < 4.78 is 10.6. The van der Waals surface area contributed by atoms with E-state index < -0.39 is 0 Å². The Labute approximate surface area is 159 Å². The second-order valence-electron chi connectivity index (χ2n) is 6.78. The molecular formula is C21H27NO3S. The maximum atomic E-state index is 12.7. The number of fused-ring (bicyclic) bond motifs is 1. The fourth-order valence-electron chi connectivity index (χ4n) is 3.43. The quantitative estimate of drug-likeness (QED) is 0.809. The van der Waals surface area contributed by atoms with E-state index in [0.29, 0.717) is 11.5 Å². The molecule has 26 heavy (non-hydrogen) atoms. The number of nitrogens with one attached hydrogen (secondary N) is 1. The van der Waals surface area contributed by atoms with Gasteiger partial charge in [0.15, 0.2) is 11.5 Å². The molecule has 1 aliphatic rings. The van der Waals surface area contributed by atoms with Crippen molar-refractivity contribution in [3.8, 4) is 11.5 Å². The van der Waals surface area contributed by atoms with E-state index in [4.69, 9.17) is 9.47 Å². The zero-order chi connectivity index (χ0) is 18.5. The Balaban J connectivity index is 1.72. The molecule has 0 fully saturated rings. The fraction of sp³-hybridized carbons (Fsp3) is 0.476. The number of hydrogen-bond donors (Lipinski definition) is 1. The molecule has 0 saturated heterocycles. The minimum atomic E-state index is -0.105. The average molecular weight is 374 g/mol. The summed E-state index contributed by atoms with van der Waals surface area (Å²) in [7, 11) is 3.23. The van der Waals surface area contributed by atoms with Crippen molar-refractivity contribution in [3.63, 3.8) is 0 Å². The van der Waals surface area contributed by atoms with Crippen LogP contribution in [-0.4, -0.2) is 20.1 Å². The first-order valence-corrected chi connectivity index (χ1v) is 10.1. The third-order valence-corrected chi connectivity index (χ3v) is 6.21. The van der Waals surface area contributed by atoms with Crippen molar-refractivity contribution < 1.29 is 14.3 Å². The number of aryl methyl sites for hydroxylation is 2. The van der Waals surface area contributed by atoms with Gasteiger partial charge in [-0.15, -0.1) is 11.3 Å². The van der Waals surface area contributed by atoms with Gasteiger partial charge in [0.2, 0.25) is 0 Å². The van der Waals surface area contributed by atoms with E-state index in [1.807, 2.05) is 25.1 Å². The Kier molecular flexibility index (Phi) is 6.20. The first kappa shape index (κ1) is 18.8. The topological polar surface area (TPSA) is 47.6 Å². The molecule has 1 N–H and O–H groups in total. The number of methoxy groups -OCH3 is 2. The number of amides is 1. The van der Waals surface area contributed by atoms with Gasteiger partial charge >= 0.3 is 0 Å². The lowest BCUT2D eigenvalue weighted by atomic mass is 10.00. The van der Waals surface area contributed by atoms with Crippen LogP contribution in [0.4, 0.5) is 0 Å². The predicted molar refractivity (Wildman–Crippen MR) is 106 cm³/mol. The highest BCUT2D eigenvalue weighted by Gasteiger charge is 2.18. The third-order valence-electron chi connectivity index (χ3n) is 4.98. The lowest BCUT2D eigenvalue weighted by Gasteiger charge is -2.16. The summed E-state index contributed by atoms with van der Waals surface area (Å²) in [5.41, 5.74) is 2.37. The van der Waals surface area contributed by atoms with Gasteiger partial charge in [-0.1, -0.05) is 18.9 Å². The zero-order valence-electron chi connectivity index (χ0n) is 15.8. The fourth-order valence-corrected chi connectivity index (χ4v) is 4.59. The van der Waals surface area contributed by atoms with Gasteiger partial charge in [0, 0.05) is 4.88 Å². The van der Waals surface area contributed by atoms with Gasteiger partial charge in [-0.05, 0) is 61.9 Å². The van der Waals surface area contributed by atoms with Crippen molar-refractivity contribution >= 4 is 17.2 Å². The Hall–Kier alpha value is -2.01. The molecule has 5 heteroatoms. The van der Waals surface area contributed by atoms with E-state index in [-0.39, 0.29) is 11.9 Å². The van der Waals surface area contributed by atoms with Crippen molar-refractivity contribution in [1.29, 1.82) is 0 Å². The van der Waals surface area contributed by atoms with Crippen LogP contribution in [0, 0.1) is 0 Å². The molecule has 1 heterocycles. The van der Waals surface area contributed by atoms with Crippen molar-refractivity contribution in [3.05, 3.63) is 45.1 Å². The first-order chi connectivity index (χ1) is 12.6. The smallest absolute Gasteiger partial charge is 0.261 e. The summed E-state index contributed by atoms with van der Waals surface area (Å²) in [5, 5.41) is 3.12. The Morgan fingerprint density at radius 1 is 1.04 bits per heavy atom. The lowest BCUT2D eigenvalue weighted by molar-refractivity contribution is 0.0944. The Morgan fingerprint density at radius 2 is 1.77 bits per heavy atom. The van der Waals surface area contributed by atoms with Crippen LogP contribution in [0.25, 0.3) is 0 Å². The van der Waals surface area contributed by atoms with Crippen LogP contribution in [-0.2, 0) is 12.8 Å². The minimum Gasteiger partial charge on any atom is -0.493 e. The van der Waals surface area contributed by atoms with Gasteiger partial charge in [0.1, 0.15) is 0 Å². The molecule has 3 rings (SSSR count). The van der Waals surface area contributed by atoms with Crippen LogP contribution in [0.5, 0.6) is 11.5 Å². The number of hydrogen-bond acceptors (Lipinski definition) is 4. The first-order valence-electron chi connectivity index (χ1n) is 9.26. The number of thiophene rings is 1. The van der Waals surface area contributed by atoms with Crippen molar-refractivity contribution in [2.75, 3.05) is 14.2 Å². The average Bonchev–Trinajstić information content (AvgIpc) is 3.03. The van der Waals surface area contributed by atoms with E-state index in [0.717, 1.165) is 23.3 Å². The van der Waals surface area contributed by atoms with Gasteiger partial charge in [0.05, 0.1) is 25.1 Å². The monoisotopic (exact) mass is 373 g/mol. The van der Waals surface area contributed by atoms with Gasteiger partial charge in [-0.2, -0.15) is 0 Å². The molecule has 0 bridgehead atoms. The highest BCUT2D eigenvalue weighted by molar-refractivity contribution is 7.14. The maximum Gasteiger partial charge on any atom is 0.261 e. The molecule has 0 saturated carbocycles. The Morgan fingerprint density at radius 3 is 2.50 bits per heavy atom. The molecule has 1 amide bonds. The van der Waals surface area contributed by atoms with Crippen LogP contribution < -0.4 is 14.8 Å². The predicted octanol–water partition coefficient (Wildman–Crippen LogP) is 4.92. The van der Waals surface area contributed by atoms with Crippen LogP contribution in [0.15, 0.2) is 24.3 Å². The summed E-state index contributed by atoms with van der Waals surface area (Å²) in [5.74, 6) is 1.36. The zero-order valence-corrected chi connectivity index (χ0v) is 16.6. The number of benzene rings is 1. The molecule has 4 nitrogen and oxygen atoms in total. The van der Waals surface area contributed by atoms with Crippen LogP contribution in [0.2, 0.25) is 0 Å². The molecule has 0 aliphatic heterocycles. The van der Waals surface area contributed by atoms with Gasteiger partial charge in [-0.25, -0.2) is 0 Å². The molecule has 2 aromatic rings. The summed E-state index contributed by atoms with van der Waals surface area (Å²) in [6.45, 7) is 1.99. The molecule has 0 spiro atoms. The molecule has 140 valence electrons. The summed E-state index contributed by atoms with van der Waals surface area (Å²) in [4.78, 5) is 15.0. The largest absolute Gasteiger partial charge is 0.493 e. The number of carbonyl (C=O) groups excluding carboxylic acids is 1. The maximum absolute atomic E-state index is 12.7. The van der Waals surface area contributed by atoms with E-state index in [2.05, 4.69) is 11.4 Å². The van der Waals surface area contributed by atoms with Crippen LogP contribution >= 0.6 is 11.3 Å². The van der Waals surface area contributed by atoms with E-state index in [1.54, 1.807) is 25.6 Å². The van der Waals surface area contributed by atoms with Gasteiger partial charge in [-0.3, -0.25) is 4.79 Å². The van der Waals surface area contributed by atoms with Crippen LogP contribution in [0.1, 0.15) is 64.3 Å². The third kappa shape index (κ3) is 4.21. The second-order valence-corrected chi connectivity index (χ2v) is 7.92. The second kappa shape index (κ2) is 8.58. The lowest BCUT2D eigenvalue weighted by Crippen LogP contribution is -2.25. The van der Waals surface area contributed by atoms with E-state index >= 15 is 0 Å². The summed E-state index contributed by atoms with van der Waals surface area (Å²) in [6, 6.07) is 7.74. The summed E-state index contributed by atoms with van der Waals surface area (Å²) >= 11 is 1.66. The van der Waals surface area contributed by atoms with E-state index in [1.165, 1.54) is 36.1 Å². The standard InChI is InChI=1S/C21H27NO3S/c1-14(15-10-11-17(24-2)18(12-15)25-3)22-21(23)20-13-16-8-6-4-5-7-9-19(16)26-20/h10-14H,4-9H2,1-3H3,(H,22,23). The number of rotatable bonds is 5. The highest BCUT2D eigenvalue weighted by Crippen LogP contribution is 2.31. The molecule has 1 unspecified atom stereocenters. The molecule has 1 atom stereocenters. The minimum absolute atomic E-state index is 0.00373. The molecule has 1 aromatic heterocycles. The molecule has 0 radical (unpaired) electrons. The number of carbonyl (C=O) groups is 1. The summed E-state index contributed by atoms with van der Waals surface area (Å²) in [6.07, 6.45) is 7.27. The van der Waals surface area contributed by atoms with Crippen molar-refractivity contribution in [1.82, 2.24) is 5.32 Å². The molecular weight excluding hydrogens is 346 g/mol. The van der Waals surface area contributed by atoms with E-state index in [9.17, 15) is 4.79 Å². The van der Waals surface area contributed by atoms with Gasteiger partial charge < -0.3 is 14.8 Å². The van der Waals surface area contributed by atoms with Crippen LogP contribution in [0.3, 0.4) is 0 Å². The normalized spacial score (nSPS) is 15.3. The highest BCUT2D eigenvalue weighted by atomic mass is 32.1. The Bertz CT molecular complexity index is 743. The molecule has 1 aliphatic carbocycles. The number of ether oxygens (including phenoxy) is 2. The molecule has 1 aromatic carbocycles. The van der Waals surface area contributed by atoms with Crippen molar-refractivity contribution in [2.45, 2.75) is 51.5 Å². The van der Waals surface area contributed by atoms with Gasteiger partial charge in [0.25, 0.3) is 5.91 Å². The van der Waals surface area contributed by atoms with Crippen molar-refractivity contribution in [2.24, 2.45) is 0 Å². The SMILES string of the molecule is COc1ccc(C(C)NC(=O)c2cc3c(s2)CCCCCC3)cc1OC.